The first-order valence-electron chi connectivity index (χ1n) is 8.99. The molecule has 2 N–H and O–H groups in total. The maximum atomic E-state index is 5.94. The van der Waals surface area contributed by atoms with E-state index in [2.05, 4.69) is 28.8 Å². The quantitative estimate of drug-likeness (QED) is 0.346. The molecule has 5 heteroatoms. The van der Waals surface area contributed by atoms with Crippen LogP contribution in [0, 0.1) is 0 Å². The standard InChI is InChI=1S/C17H35N3OS/c1-3-18-17(19-12-7-8-15-22-2)20-13-9-14-21-16-10-5-4-6-11-16/h16H,3-15H2,1-2H3,(H2,18,19,20). The molecule has 0 aromatic heterocycles. The van der Waals surface area contributed by atoms with Crippen molar-refractivity contribution in [3.63, 3.8) is 0 Å². The molecule has 1 fully saturated rings. The van der Waals surface area contributed by atoms with E-state index in [0.717, 1.165) is 38.6 Å². The fraction of sp³-hybridized carbons (Fsp3) is 0.941. The molecule has 0 amide bonds. The highest BCUT2D eigenvalue weighted by molar-refractivity contribution is 7.98. The molecular formula is C17H35N3OS. The van der Waals surface area contributed by atoms with E-state index >= 15 is 0 Å². The summed E-state index contributed by atoms with van der Waals surface area (Å²) in [5.41, 5.74) is 0. The minimum absolute atomic E-state index is 0.514. The minimum atomic E-state index is 0.514. The summed E-state index contributed by atoms with van der Waals surface area (Å²) < 4.78 is 5.94. The van der Waals surface area contributed by atoms with Gasteiger partial charge in [0.2, 0.25) is 0 Å². The van der Waals surface area contributed by atoms with Crippen LogP contribution in [-0.4, -0.2) is 50.3 Å². The van der Waals surface area contributed by atoms with Gasteiger partial charge in [-0.15, -0.1) is 0 Å². The monoisotopic (exact) mass is 329 g/mol. The van der Waals surface area contributed by atoms with Crippen molar-refractivity contribution in [2.45, 2.75) is 64.4 Å². The van der Waals surface area contributed by atoms with Crippen molar-refractivity contribution in [3.05, 3.63) is 0 Å². The Labute approximate surface area is 141 Å². The first kappa shape index (κ1) is 19.6. The number of nitrogens with zero attached hydrogens (tertiary/aromatic N) is 1. The largest absolute Gasteiger partial charge is 0.378 e. The number of thioether (sulfide) groups is 1. The van der Waals surface area contributed by atoms with Gasteiger partial charge in [-0.3, -0.25) is 4.99 Å². The average Bonchev–Trinajstić information content (AvgIpc) is 2.55. The van der Waals surface area contributed by atoms with Crippen LogP contribution < -0.4 is 10.6 Å². The summed E-state index contributed by atoms with van der Waals surface area (Å²) in [6.07, 6.45) is 12.7. The highest BCUT2D eigenvalue weighted by atomic mass is 32.2. The molecule has 0 atom stereocenters. The van der Waals surface area contributed by atoms with E-state index in [4.69, 9.17) is 4.74 Å². The Hall–Kier alpha value is -0.420. The van der Waals surface area contributed by atoms with E-state index in [9.17, 15) is 0 Å². The van der Waals surface area contributed by atoms with Crippen LogP contribution in [0.25, 0.3) is 0 Å². The lowest BCUT2D eigenvalue weighted by Gasteiger charge is -2.21. The summed E-state index contributed by atoms with van der Waals surface area (Å²) in [4.78, 5) is 4.62. The van der Waals surface area contributed by atoms with E-state index in [0.29, 0.717) is 6.10 Å². The number of hydrogen-bond acceptors (Lipinski definition) is 3. The number of ether oxygens (including phenoxy) is 1. The molecule has 1 saturated carbocycles. The molecule has 0 radical (unpaired) electrons. The zero-order valence-electron chi connectivity index (χ0n) is 14.5. The zero-order chi connectivity index (χ0) is 15.9. The van der Waals surface area contributed by atoms with Crippen molar-refractivity contribution in [1.29, 1.82) is 0 Å². The summed E-state index contributed by atoms with van der Waals surface area (Å²) in [6, 6.07) is 0. The second-order valence-corrected chi connectivity index (χ2v) is 6.86. The summed E-state index contributed by atoms with van der Waals surface area (Å²) in [5.74, 6) is 2.19. The second-order valence-electron chi connectivity index (χ2n) is 5.87. The van der Waals surface area contributed by atoms with Crippen molar-refractivity contribution < 1.29 is 4.74 Å². The van der Waals surface area contributed by atoms with Crippen molar-refractivity contribution in [3.8, 4) is 0 Å². The van der Waals surface area contributed by atoms with E-state index in [1.807, 2.05) is 11.8 Å². The first-order valence-corrected chi connectivity index (χ1v) is 10.4. The predicted octanol–water partition coefficient (Wildman–Crippen LogP) is 3.42. The van der Waals surface area contributed by atoms with Crippen molar-refractivity contribution in [2.24, 2.45) is 4.99 Å². The molecule has 0 bridgehead atoms. The molecule has 4 nitrogen and oxygen atoms in total. The van der Waals surface area contributed by atoms with Crippen LogP contribution >= 0.6 is 11.8 Å². The third-order valence-corrected chi connectivity index (χ3v) is 4.59. The van der Waals surface area contributed by atoms with Crippen LogP contribution in [0.5, 0.6) is 0 Å². The van der Waals surface area contributed by atoms with Crippen molar-refractivity contribution in [1.82, 2.24) is 10.6 Å². The Morgan fingerprint density at radius 1 is 1.14 bits per heavy atom. The summed E-state index contributed by atoms with van der Waals surface area (Å²) in [5, 5.41) is 6.72. The predicted molar refractivity (Wildman–Crippen MR) is 99.0 cm³/mol. The normalized spacial score (nSPS) is 16.7. The molecule has 0 heterocycles. The van der Waals surface area contributed by atoms with E-state index in [-0.39, 0.29) is 0 Å². The zero-order valence-corrected chi connectivity index (χ0v) is 15.3. The van der Waals surface area contributed by atoms with Gasteiger partial charge < -0.3 is 15.4 Å². The number of aliphatic imine (C=N–C) groups is 1. The molecule has 1 aliphatic carbocycles. The van der Waals surface area contributed by atoms with Gasteiger partial charge in [0.25, 0.3) is 0 Å². The molecule has 0 spiro atoms. The van der Waals surface area contributed by atoms with Gasteiger partial charge >= 0.3 is 0 Å². The number of rotatable bonds is 11. The SMILES string of the molecule is CCNC(=NCCCOC1CCCCC1)NCCCCSC. The number of unbranched alkanes of at least 4 members (excludes halogenated alkanes) is 1. The van der Waals surface area contributed by atoms with E-state index < -0.39 is 0 Å². The molecule has 0 aliphatic heterocycles. The molecule has 0 aromatic carbocycles. The van der Waals surface area contributed by atoms with Gasteiger partial charge in [0, 0.05) is 26.2 Å². The van der Waals surface area contributed by atoms with Crippen LogP contribution in [0.3, 0.4) is 0 Å². The molecule has 0 unspecified atom stereocenters. The van der Waals surface area contributed by atoms with Crippen LogP contribution in [-0.2, 0) is 4.74 Å². The topological polar surface area (TPSA) is 45.7 Å². The number of guanidine groups is 1. The molecular weight excluding hydrogens is 294 g/mol. The van der Waals surface area contributed by atoms with Crippen molar-refractivity contribution >= 4 is 17.7 Å². The lowest BCUT2D eigenvalue weighted by atomic mass is 9.98. The second kappa shape index (κ2) is 14.2. The minimum Gasteiger partial charge on any atom is -0.378 e. The van der Waals surface area contributed by atoms with Gasteiger partial charge in [0.15, 0.2) is 5.96 Å². The molecule has 0 aromatic rings. The maximum absolute atomic E-state index is 5.94. The van der Waals surface area contributed by atoms with Gasteiger partial charge in [0.05, 0.1) is 6.10 Å². The Morgan fingerprint density at radius 3 is 2.68 bits per heavy atom. The highest BCUT2D eigenvalue weighted by Gasteiger charge is 2.12. The van der Waals surface area contributed by atoms with Crippen LogP contribution in [0.4, 0.5) is 0 Å². The Kier molecular flexibility index (Phi) is 12.7. The van der Waals surface area contributed by atoms with Crippen LogP contribution in [0.15, 0.2) is 4.99 Å². The maximum Gasteiger partial charge on any atom is 0.191 e. The summed E-state index contributed by atoms with van der Waals surface area (Å²) in [7, 11) is 0. The van der Waals surface area contributed by atoms with Crippen LogP contribution in [0.1, 0.15) is 58.3 Å². The van der Waals surface area contributed by atoms with Gasteiger partial charge in [-0.1, -0.05) is 19.3 Å². The Bertz CT molecular complexity index is 281. The Morgan fingerprint density at radius 2 is 1.95 bits per heavy atom. The fourth-order valence-electron chi connectivity index (χ4n) is 2.66. The lowest BCUT2D eigenvalue weighted by molar-refractivity contribution is 0.0281. The van der Waals surface area contributed by atoms with Gasteiger partial charge in [-0.2, -0.15) is 11.8 Å². The van der Waals surface area contributed by atoms with Gasteiger partial charge in [-0.05, 0) is 51.0 Å². The molecule has 1 rings (SSSR count). The van der Waals surface area contributed by atoms with E-state index in [1.54, 1.807) is 0 Å². The van der Waals surface area contributed by atoms with Crippen molar-refractivity contribution in [2.75, 3.05) is 38.2 Å². The first-order chi connectivity index (χ1) is 10.9. The third kappa shape index (κ3) is 10.3. The summed E-state index contributed by atoms with van der Waals surface area (Å²) in [6.45, 7) is 5.71. The lowest BCUT2D eigenvalue weighted by Crippen LogP contribution is -2.38. The summed E-state index contributed by atoms with van der Waals surface area (Å²) >= 11 is 1.91. The van der Waals surface area contributed by atoms with Crippen LogP contribution in [0.2, 0.25) is 0 Å². The van der Waals surface area contributed by atoms with E-state index in [1.165, 1.54) is 50.7 Å². The molecule has 0 saturated heterocycles. The van der Waals surface area contributed by atoms with Gasteiger partial charge in [0.1, 0.15) is 0 Å². The Balaban J connectivity index is 2.07. The highest BCUT2D eigenvalue weighted by Crippen LogP contribution is 2.20. The number of hydrogen-bond donors (Lipinski definition) is 2. The third-order valence-electron chi connectivity index (χ3n) is 3.89. The fourth-order valence-corrected chi connectivity index (χ4v) is 3.15. The number of nitrogens with one attached hydrogen (secondary N) is 2. The average molecular weight is 330 g/mol. The molecule has 22 heavy (non-hydrogen) atoms. The smallest absolute Gasteiger partial charge is 0.191 e. The molecule has 1 aliphatic rings. The van der Waals surface area contributed by atoms with Gasteiger partial charge in [-0.25, -0.2) is 0 Å². The molecule has 130 valence electrons.